The van der Waals surface area contributed by atoms with Crippen molar-refractivity contribution in [2.24, 2.45) is 11.8 Å². The van der Waals surface area contributed by atoms with Crippen molar-refractivity contribution in [2.45, 2.75) is 103 Å². The molecule has 6 heteroatoms. The number of carbonyl (C=O) groups excluding carboxylic acids is 1. The summed E-state index contributed by atoms with van der Waals surface area (Å²) in [6, 6.07) is 2.60. The molecule has 0 amide bonds. The summed E-state index contributed by atoms with van der Waals surface area (Å²) in [5.74, 6) is -3.16. The fraction of sp³-hybridized carbons (Fsp3) is 0.690. The highest BCUT2D eigenvalue weighted by molar-refractivity contribution is 5.75. The second-order valence-corrected chi connectivity index (χ2v) is 9.66. The summed E-state index contributed by atoms with van der Waals surface area (Å²) in [7, 11) is 0. The van der Waals surface area contributed by atoms with Gasteiger partial charge in [-0.15, -0.1) is 0 Å². The number of esters is 1. The van der Waals surface area contributed by atoms with Crippen LogP contribution in [0.5, 0.6) is 11.5 Å². The first kappa shape index (κ1) is 29.3. The Labute approximate surface area is 209 Å². The summed E-state index contributed by atoms with van der Waals surface area (Å²) in [5, 5.41) is 0. The molecule has 1 saturated carbocycles. The molecule has 0 aromatic heterocycles. The molecule has 1 fully saturated rings. The van der Waals surface area contributed by atoms with Gasteiger partial charge >= 0.3 is 5.97 Å². The van der Waals surface area contributed by atoms with Crippen molar-refractivity contribution in [1.82, 2.24) is 0 Å². The summed E-state index contributed by atoms with van der Waals surface area (Å²) >= 11 is 0. The van der Waals surface area contributed by atoms with E-state index in [-0.39, 0.29) is 24.1 Å². The first-order chi connectivity index (χ1) is 17.1. The van der Waals surface area contributed by atoms with Crippen molar-refractivity contribution in [3.05, 3.63) is 35.9 Å². The van der Waals surface area contributed by atoms with Crippen LogP contribution in [0.4, 0.5) is 13.2 Å². The maximum atomic E-state index is 14.5. The highest BCUT2D eigenvalue weighted by Crippen LogP contribution is 2.33. The van der Waals surface area contributed by atoms with E-state index < -0.39 is 17.6 Å². The fourth-order valence-electron chi connectivity index (χ4n) is 4.51. The lowest BCUT2D eigenvalue weighted by Crippen LogP contribution is -2.25. The second-order valence-electron chi connectivity index (χ2n) is 9.66. The summed E-state index contributed by atoms with van der Waals surface area (Å²) in [6.45, 7) is 2.25. The molecule has 0 spiro atoms. The third kappa shape index (κ3) is 11.1. The SMILES string of the molecule is CCCCCCCOc1ccc(OC(=O)C2CCC(/C=C\CCCCCCCF)CC2)c(F)c1F. The van der Waals surface area contributed by atoms with Crippen molar-refractivity contribution in [3.8, 4) is 11.5 Å². The van der Waals surface area contributed by atoms with E-state index in [1.54, 1.807) is 0 Å². The van der Waals surface area contributed by atoms with Gasteiger partial charge in [0.05, 0.1) is 19.2 Å². The van der Waals surface area contributed by atoms with Crippen molar-refractivity contribution in [2.75, 3.05) is 13.3 Å². The van der Waals surface area contributed by atoms with E-state index in [9.17, 15) is 18.0 Å². The smallest absolute Gasteiger partial charge is 0.314 e. The molecule has 0 unspecified atom stereocenters. The molecule has 1 aromatic rings. The van der Waals surface area contributed by atoms with Crippen LogP contribution in [0.25, 0.3) is 0 Å². The van der Waals surface area contributed by atoms with Crippen LogP contribution < -0.4 is 9.47 Å². The van der Waals surface area contributed by atoms with E-state index in [1.807, 2.05) is 0 Å². The molecule has 0 saturated heterocycles. The van der Waals surface area contributed by atoms with E-state index >= 15 is 0 Å². The first-order valence-electron chi connectivity index (χ1n) is 13.6. The number of hydrogen-bond donors (Lipinski definition) is 0. The number of benzene rings is 1. The monoisotopic (exact) mass is 496 g/mol. The summed E-state index contributed by atoms with van der Waals surface area (Å²) in [5.41, 5.74) is 0. The molecule has 0 heterocycles. The van der Waals surface area contributed by atoms with E-state index in [2.05, 4.69) is 19.1 Å². The van der Waals surface area contributed by atoms with Crippen LogP contribution in [-0.2, 0) is 4.79 Å². The fourth-order valence-corrected chi connectivity index (χ4v) is 4.51. The normalized spacial score (nSPS) is 18.2. The molecule has 1 aromatic carbocycles. The van der Waals surface area contributed by atoms with E-state index in [4.69, 9.17) is 9.47 Å². The second kappa shape index (κ2) is 17.4. The lowest BCUT2D eigenvalue weighted by molar-refractivity contribution is -0.140. The molecule has 1 aliphatic carbocycles. The predicted octanol–water partition coefficient (Wildman–Crippen LogP) is 8.89. The number of carbonyl (C=O) groups is 1. The van der Waals surface area contributed by atoms with Crippen molar-refractivity contribution < 1.29 is 27.4 Å². The molecule has 0 N–H and O–H groups in total. The summed E-state index contributed by atoms with van der Waals surface area (Å²) < 4.78 is 51.5. The summed E-state index contributed by atoms with van der Waals surface area (Å²) in [6.07, 6.45) is 18.8. The van der Waals surface area contributed by atoms with Gasteiger partial charge in [0.1, 0.15) is 0 Å². The third-order valence-electron chi connectivity index (χ3n) is 6.75. The quantitative estimate of drug-likeness (QED) is 0.0935. The van der Waals surface area contributed by atoms with Gasteiger partial charge in [0.15, 0.2) is 11.5 Å². The molecule has 0 radical (unpaired) electrons. The number of unbranched alkanes of at least 4 members (excludes halogenated alkanes) is 9. The zero-order chi connectivity index (χ0) is 25.3. The molecule has 198 valence electrons. The molecule has 0 aliphatic heterocycles. The van der Waals surface area contributed by atoms with Gasteiger partial charge in [-0.25, -0.2) is 0 Å². The molecule has 2 rings (SSSR count). The van der Waals surface area contributed by atoms with Gasteiger partial charge in [0.2, 0.25) is 11.6 Å². The van der Waals surface area contributed by atoms with E-state index in [0.29, 0.717) is 31.8 Å². The number of alkyl halides is 1. The minimum absolute atomic E-state index is 0.148. The minimum Gasteiger partial charge on any atom is -0.490 e. The largest absolute Gasteiger partial charge is 0.490 e. The lowest BCUT2D eigenvalue weighted by atomic mass is 9.82. The van der Waals surface area contributed by atoms with E-state index in [0.717, 1.165) is 77.0 Å². The van der Waals surface area contributed by atoms with Gasteiger partial charge in [-0.1, -0.05) is 64.0 Å². The van der Waals surface area contributed by atoms with Gasteiger partial charge in [-0.05, 0) is 69.4 Å². The van der Waals surface area contributed by atoms with Gasteiger partial charge in [-0.3, -0.25) is 9.18 Å². The molecular weight excluding hydrogens is 453 g/mol. The van der Waals surface area contributed by atoms with Crippen LogP contribution in [-0.4, -0.2) is 19.3 Å². The van der Waals surface area contributed by atoms with Gasteiger partial charge in [0.25, 0.3) is 0 Å². The molecular formula is C29H43F3O3. The Balaban J connectivity index is 1.70. The van der Waals surface area contributed by atoms with Crippen LogP contribution in [0.1, 0.15) is 103 Å². The molecule has 0 atom stereocenters. The average molecular weight is 497 g/mol. The first-order valence-corrected chi connectivity index (χ1v) is 13.6. The van der Waals surface area contributed by atoms with Crippen LogP contribution in [0.15, 0.2) is 24.3 Å². The molecule has 0 bridgehead atoms. The number of ether oxygens (including phenoxy) is 2. The third-order valence-corrected chi connectivity index (χ3v) is 6.75. The average Bonchev–Trinajstić information content (AvgIpc) is 2.87. The van der Waals surface area contributed by atoms with Gasteiger partial charge < -0.3 is 9.47 Å². The topological polar surface area (TPSA) is 35.5 Å². The Kier molecular flexibility index (Phi) is 14.6. The standard InChI is InChI=1S/C29H43F3O3/c1-2-3-4-10-13-22-34-25-19-20-26(28(32)27(25)31)35-29(33)24-17-15-23(16-18-24)14-11-8-6-5-7-9-12-21-30/h11,14,19-20,23-24H,2-10,12-13,15-18,21-22H2,1H3/b14-11-. The van der Waals surface area contributed by atoms with Crippen molar-refractivity contribution in [1.29, 1.82) is 0 Å². The Morgan fingerprint density at radius 2 is 1.51 bits per heavy atom. The van der Waals surface area contributed by atoms with Crippen LogP contribution in [0, 0.1) is 23.5 Å². The van der Waals surface area contributed by atoms with Crippen molar-refractivity contribution in [3.63, 3.8) is 0 Å². The highest BCUT2D eigenvalue weighted by Gasteiger charge is 2.28. The Bertz CT molecular complexity index is 758. The Hall–Kier alpha value is -1.98. The van der Waals surface area contributed by atoms with Crippen LogP contribution in [0.3, 0.4) is 0 Å². The maximum absolute atomic E-state index is 14.5. The zero-order valence-corrected chi connectivity index (χ0v) is 21.3. The van der Waals surface area contributed by atoms with Crippen LogP contribution >= 0.6 is 0 Å². The van der Waals surface area contributed by atoms with Crippen LogP contribution in [0.2, 0.25) is 0 Å². The maximum Gasteiger partial charge on any atom is 0.314 e. The predicted molar refractivity (Wildman–Crippen MR) is 135 cm³/mol. The Morgan fingerprint density at radius 3 is 2.26 bits per heavy atom. The lowest BCUT2D eigenvalue weighted by Gasteiger charge is -2.25. The van der Waals surface area contributed by atoms with E-state index in [1.165, 1.54) is 12.1 Å². The Morgan fingerprint density at radius 1 is 0.886 bits per heavy atom. The number of hydrogen-bond acceptors (Lipinski definition) is 3. The molecule has 1 aliphatic rings. The van der Waals surface area contributed by atoms with Gasteiger partial charge in [0, 0.05) is 0 Å². The number of rotatable bonds is 17. The zero-order valence-electron chi connectivity index (χ0n) is 21.3. The number of halogens is 3. The van der Waals surface area contributed by atoms with Crippen molar-refractivity contribution >= 4 is 5.97 Å². The highest BCUT2D eigenvalue weighted by atomic mass is 19.2. The molecule has 35 heavy (non-hydrogen) atoms. The van der Waals surface area contributed by atoms with Gasteiger partial charge in [-0.2, -0.15) is 8.78 Å². The minimum atomic E-state index is -1.18. The number of allylic oxidation sites excluding steroid dienone is 2. The molecule has 3 nitrogen and oxygen atoms in total. The summed E-state index contributed by atoms with van der Waals surface area (Å²) in [4.78, 5) is 12.5.